The number of hydrazone groups is 1. The fourth-order valence-corrected chi connectivity index (χ4v) is 4.75. The highest BCUT2D eigenvalue weighted by Crippen LogP contribution is 2.25. The molecule has 0 aliphatic rings. The van der Waals surface area contributed by atoms with Crippen LogP contribution in [-0.4, -0.2) is 27.1 Å². The number of anilines is 1. The Morgan fingerprint density at radius 2 is 1.83 bits per heavy atom. The number of amides is 1. The summed E-state index contributed by atoms with van der Waals surface area (Å²) in [7, 11) is -4.16. The van der Waals surface area contributed by atoms with Crippen LogP contribution in [0.2, 0.25) is 0 Å². The van der Waals surface area contributed by atoms with Crippen molar-refractivity contribution in [2.75, 3.05) is 10.8 Å². The SMILES string of the molecule is Cc1ccsc1/C=N/NC(=O)CN(c1ccccc1F)S(=O)(=O)c1ccccc1. The zero-order valence-corrected chi connectivity index (χ0v) is 17.1. The Morgan fingerprint density at radius 1 is 1.14 bits per heavy atom. The third kappa shape index (κ3) is 4.87. The first kappa shape index (κ1) is 20.7. The number of nitrogens with zero attached hydrogens (tertiary/aromatic N) is 2. The number of carbonyl (C=O) groups excluding carboxylic acids is 1. The number of hydrogen-bond acceptors (Lipinski definition) is 5. The van der Waals surface area contributed by atoms with Gasteiger partial charge in [-0.25, -0.2) is 18.2 Å². The lowest BCUT2D eigenvalue weighted by atomic mass is 10.3. The smallest absolute Gasteiger partial charge is 0.264 e. The van der Waals surface area contributed by atoms with E-state index < -0.39 is 28.3 Å². The summed E-state index contributed by atoms with van der Waals surface area (Å²) in [5.41, 5.74) is 3.09. The Balaban J connectivity index is 1.86. The monoisotopic (exact) mass is 431 g/mol. The van der Waals surface area contributed by atoms with Crippen molar-refractivity contribution in [3.63, 3.8) is 0 Å². The van der Waals surface area contributed by atoms with Crippen molar-refractivity contribution in [2.24, 2.45) is 5.10 Å². The Morgan fingerprint density at radius 3 is 2.48 bits per heavy atom. The second-order valence-corrected chi connectivity index (χ2v) is 8.85. The third-order valence-corrected chi connectivity index (χ3v) is 6.74. The van der Waals surface area contributed by atoms with E-state index >= 15 is 0 Å². The third-order valence-electron chi connectivity index (χ3n) is 4.01. The number of nitrogens with one attached hydrogen (secondary N) is 1. The summed E-state index contributed by atoms with van der Waals surface area (Å²) < 4.78 is 41.2. The van der Waals surface area contributed by atoms with Crippen molar-refractivity contribution in [3.05, 3.63) is 82.3 Å². The van der Waals surface area contributed by atoms with E-state index in [4.69, 9.17) is 0 Å². The molecule has 0 unspecified atom stereocenters. The number of benzene rings is 2. The molecule has 150 valence electrons. The van der Waals surface area contributed by atoms with Crippen LogP contribution in [0.5, 0.6) is 0 Å². The first-order valence-corrected chi connectivity index (χ1v) is 10.9. The van der Waals surface area contributed by atoms with Crippen molar-refractivity contribution in [2.45, 2.75) is 11.8 Å². The predicted octanol–water partition coefficient (Wildman–Crippen LogP) is 3.54. The average molecular weight is 432 g/mol. The molecule has 3 aromatic rings. The molecule has 1 N–H and O–H groups in total. The van der Waals surface area contributed by atoms with Crippen LogP contribution in [0.25, 0.3) is 0 Å². The zero-order chi connectivity index (χ0) is 20.9. The molecule has 29 heavy (non-hydrogen) atoms. The molecule has 0 bridgehead atoms. The van der Waals surface area contributed by atoms with E-state index in [1.807, 2.05) is 18.4 Å². The van der Waals surface area contributed by atoms with Gasteiger partial charge in [0.25, 0.3) is 15.9 Å². The van der Waals surface area contributed by atoms with E-state index in [9.17, 15) is 17.6 Å². The second kappa shape index (κ2) is 8.97. The molecule has 1 amide bonds. The number of halogens is 1. The van der Waals surface area contributed by atoms with Gasteiger partial charge in [-0.15, -0.1) is 11.3 Å². The van der Waals surface area contributed by atoms with Crippen molar-refractivity contribution in [1.82, 2.24) is 5.43 Å². The van der Waals surface area contributed by atoms with Crippen LogP contribution >= 0.6 is 11.3 Å². The molecule has 0 aliphatic heterocycles. The largest absolute Gasteiger partial charge is 0.271 e. The molecule has 1 heterocycles. The van der Waals surface area contributed by atoms with Crippen LogP contribution in [0.15, 0.2) is 76.0 Å². The molecule has 0 spiro atoms. The van der Waals surface area contributed by atoms with Crippen LogP contribution in [0.1, 0.15) is 10.4 Å². The number of sulfonamides is 1. The summed E-state index contributed by atoms with van der Waals surface area (Å²) >= 11 is 1.46. The zero-order valence-electron chi connectivity index (χ0n) is 15.4. The van der Waals surface area contributed by atoms with Crippen molar-refractivity contribution >= 4 is 39.2 Å². The molecular formula is C20H18FN3O3S2. The van der Waals surface area contributed by atoms with Crippen molar-refractivity contribution in [3.8, 4) is 0 Å². The molecule has 0 aliphatic carbocycles. The highest BCUT2D eigenvalue weighted by atomic mass is 32.2. The highest BCUT2D eigenvalue weighted by Gasteiger charge is 2.28. The standard InChI is InChI=1S/C20H18FN3O3S2/c1-15-11-12-28-19(15)13-22-23-20(25)14-24(18-10-6-5-9-17(18)21)29(26,27)16-7-3-2-4-8-16/h2-13H,14H2,1H3,(H,23,25)/b22-13+. The topological polar surface area (TPSA) is 78.8 Å². The van der Waals surface area contributed by atoms with Crippen molar-refractivity contribution in [1.29, 1.82) is 0 Å². The lowest BCUT2D eigenvalue weighted by Gasteiger charge is -2.24. The van der Waals surface area contributed by atoms with Gasteiger partial charge in [0.15, 0.2) is 0 Å². The Bertz CT molecular complexity index is 1130. The van der Waals surface area contributed by atoms with Gasteiger partial charge in [-0.05, 0) is 48.2 Å². The van der Waals surface area contributed by atoms with Gasteiger partial charge in [0, 0.05) is 4.88 Å². The number of para-hydroxylation sites is 1. The number of rotatable bonds is 7. The molecule has 0 atom stereocenters. The van der Waals surface area contributed by atoms with E-state index in [-0.39, 0.29) is 10.6 Å². The lowest BCUT2D eigenvalue weighted by Crippen LogP contribution is -2.40. The van der Waals surface area contributed by atoms with Gasteiger partial charge in [-0.2, -0.15) is 5.10 Å². The van der Waals surface area contributed by atoms with E-state index in [0.717, 1.165) is 20.8 Å². The first-order chi connectivity index (χ1) is 13.9. The Labute approximate surface area is 172 Å². The fraction of sp³-hybridized carbons (Fsp3) is 0.100. The Kier molecular flexibility index (Phi) is 6.40. The maximum atomic E-state index is 14.4. The van der Waals surface area contributed by atoms with E-state index in [1.165, 1.54) is 47.9 Å². The van der Waals surface area contributed by atoms with Gasteiger partial charge in [0.1, 0.15) is 12.4 Å². The predicted molar refractivity (Wildman–Crippen MR) is 112 cm³/mol. The number of hydrogen-bond donors (Lipinski definition) is 1. The van der Waals surface area contributed by atoms with Crippen LogP contribution in [-0.2, 0) is 14.8 Å². The maximum Gasteiger partial charge on any atom is 0.264 e. The highest BCUT2D eigenvalue weighted by molar-refractivity contribution is 7.92. The van der Waals surface area contributed by atoms with E-state index in [2.05, 4.69) is 10.5 Å². The summed E-state index contributed by atoms with van der Waals surface area (Å²) in [6.07, 6.45) is 1.48. The van der Waals surface area contributed by atoms with E-state index in [1.54, 1.807) is 18.2 Å². The average Bonchev–Trinajstić information content (AvgIpc) is 3.12. The molecule has 6 nitrogen and oxygen atoms in total. The van der Waals surface area contributed by atoms with Gasteiger partial charge in [0.2, 0.25) is 0 Å². The molecule has 0 fully saturated rings. The summed E-state index contributed by atoms with van der Waals surface area (Å²) in [6, 6.07) is 14.9. The van der Waals surface area contributed by atoms with Crippen LogP contribution in [0.4, 0.5) is 10.1 Å². The fourth-order valence-electron chi connectivity index (χ4n) is 2.52. The molecule has 0 saturated heterocycles. The number of carbonyl (C=O) groups is 1. The minimum atomic E-state index is -4.16. The number of thiophene rings is 1. The molecule has 0 radical (unpaired) electrons. The minimum Gasteiger partial charge on any atom is -0.271 e. The lowest BCUT2D eigenvalue weighted by molar-refractivity contribution is -0.119. The second-order valence-electron chi connectivity index (χ2n) is 6.04. The molecule has 0 saturated carbocycles. The first-order valence-electron chi connectivity index (χ1n) is 8.58. The van der Waals surface area contributed by atoms with Crippen LogP contribution < -0.4 is 9.73 Å². The normalized spacial score (nSPS) is 11.5. The number of aryl methyl sites for hydroxylation is 1. The molecule has 1 aromatic heterocycles. The molecular weight excluding hydrogens is 413 g/mol. The van der Waals surface area contributed by atoms with E-state index in [0.29, 0.717) is 0 Å². The van der Waals surface area contributed by atoms with Gasteiger partial charge in [-0.1, -0.05) is 30.3 Å². The van der Waals surface area contributed by atoms with Crippen molar-refractivity contribution < 1.29 is 17.6 Å². The summed E-state index contributed by atoms with van der Waals surface area (Å²) in [5, 5.41) is 5.76. The molecule has 9 heteroatoms. The maximum absolute atomic E-state index is 14.4. The molecule has 2 aromatic carbocycles. The summed E-state index contributed by atoms with van der Waals surface area (Å²) in [4.78, 5) is 13.2. The Hall–Kier alpha value is -3.04. The van der Waals surface area contributed by atoms with Crippen LogP contribution in [0.3, 0.4) is 0 Å². The van der Waals surface area contributed by atoms with Crippen LogP contribution in [0, 0.1) is 12.7 Å². The van der Waals surface area contributed by atoms with Gasteiger partial charge < -0.3 is 0 Å². The minimum absolute atomic E-state index is 0.0474. The van der Waals surface area contributed by atoms with Gasteiger partial charge in [-0.3, -0.25) is 9.10 Å². The van der Waals surface area contributed by atoms with Gasteiger partial charge >= 0.3 is 0 Å². The van der Waals surface area contributed by atoms with Gasteiger partial charge in [0.05, 0.1) is 16.8 Å². The summed E-state index contributed by atoms with van der Waals surface area (Å²) in [6.45, 7) is 1.28. The summed E-state index contributed by atoms with van der Waals surface area (Å²) in [5.74, 6) is -1.45. The molecule has 3 rings (SSSR count). The quantitative estimate of drug-likeness (QED) is 0.459.